The van der Waals surface area contributed by atoms with E-state index in [1.165, 1.54) is 11.8 Å². The van der Waals surface area contributed by atoms with Crippen molar-refractivity contribution in [2.24, 2.45) is 0 Å². The highest BCUT2D eigenvalue weighted by Gasteiger charge is 2.45. The molecule has 1 unspecified atom stereocenters. The molecule has 124 valence electrons. The molecule has 1 aromatic carbocycles. The van der Waals surface area contributed by atoms with Gasteiger partial charge in [0.2, 0.25) is 0 Å². The highest BCUT2D eigenvalue weighted by molar-refractivity contribution is 8.23. The van der Waals surface area contributed by atoms with Gasteiger partial charge in [0.15, 0.2) is 4.32 Å². The number of ether oxygens (including phenoxy) is 2. The number of carbonyl (C=O) groups is 2. The minimum Gasteiger partial charge on any atom is -0.448 e. The van der Waals surface area contributed by atoms with Crippen LogP contribution in [0.1, 0.15) is 24.8 Å². The number of thioether (sulfide) groups is 1. The minimum absolute atomic E-state index is 0.172. The summed E-state index contributed by atoms with van der Waals surface area (Å²) in [5.74, 6) is 0. The predicted octanol–water partition coefficient (Wildman–Crippen LogP) is 4.20. The fraction of sp³-hybridized carbons (Fsp3) is 0.357. The number of hydrazine groups is 1. The molecular weight excluding hydrogens is 360 g/mol. The van der Waals surface area contributed by atoms with Crippen molar-refractivity contribution < 1.29 is 19.1 Å². The molecule has 9 heteroatoms. The Labute approximate surface area is 148 Å². The van der Waals surface area contributed by atoms with Crippen molar-refractivity contribution in [1.82, 2.24) is 10.0 Å². The number of halogens is 1. The summed E-state index contributed by atoms with van der Waals surface area (Å²) in [5.41, 5.74) is 0.765. The van der Waals surface area contributed by atoms with E-state index >= 15 is 0 Å². The van der Waals surface area contributed by atoms with E-state index in [0.29, 0.717) is 5.02 Å². The minimum atomic E-state index is -0.713. The third-order valence-corrected chi connectivity index (χ3v) is 4.66. The van der Waals surface area contributed by atoms with Gasteiger partial charge in [0.05, 0.1) is 13.2 Å². The first-order valence-electron chi connectivity index (χ1n) is 6.88. The Morgan fingerprint density at radius 3 is 2.30 bits per heavy atom. The lowest BCUT2D eigenvalue weighted by molar-refractivity contribution is 0.0189. The largest absolute Gasteiger partial charge is 0.448 e. The predicted molar refractivity (Wildman–Crippen MR) is 92.1 cm³/mol. The maximum atomic E-state index is 12.3. The summed E-state index contributed by atoms with van der Waals surface area (Å²) in [4.78, 5) is 24.5. The average molecular weight is 375 g/mol. The molecule has 0 spiro atoms. The van der Waals surface area contributed by atoms with E-state index in [1.54, 1.807) is 38.1 Å². The molecule has 1 atom stereocenters. The molecule has 1 aliphatic heterocycles. The second-order valence-electron chi connectivity index (χ2n) is 4.34. The lowest BCUT2D eigenvalue weighted by Gasteiger charge is -2.28. The molecule has 2 rings (SSSR count). The van der Waals surface area contributed by atoms with Gasteiger partial charge in [0.25, 0.3) is 0 Å². The van der Waals surface area contributed by atoms with Crippen LogP contribution < -0.4 is 0 Å². The Morgan fingerprint density at radius 2 is 1.74 bits per heavy atom. The number of carbonyl (C=O) groups excluding carboxylic acids is 2. The summed E-state index contributed by atoms with van der Waals surface area (Å²) in [6.07, 6.45) is -1.39. The van der Waals surface area contributed by atoms with Gasteiger partial charge in [-0.15, -0.1) is 0 Å². The maximum Gasteiger partial charge on any atom is 0.435 e. The summed E-state index contributed by atoms with van der Waals surface area (Å²) in [5, 5.41) is 2.24. The van der Waals surface area contributed by atoms with Crippen molar-refractivity contribution in [3.8, 4) is 0 Å². The van der Waals surface area contributed by atoms with Gasteiger partial charge < -0.3 is 9.47 Å². The fourth-order valence-corrected chi connectivity index (χ4v) is 3.53. The van der Waals surface area contributed by atoms with E-state index < -0.39 is 17.6 Å². The van der Waals surface area contributed by atoms with E-state index in [0.717, 1.165) is 15.6 Å². The van der Waals surface area contributed by atoms with Gasteiger partial charge in [-0.25, -0.2) is 9.59 Å². The van der Waals surface area contributed by atoms with E-state index in [-0.39, 0.29) is 17.5 Å². The van der Waals surface area contributed by atoms with Gasteiger partial charge in [0, 0.05) is 5.02 Å². The topological polar surface area (TPSA) is 59.1 Å². The Kier molecular flexibility index (Phi) is 6.09. The monoisotopic (exact) mass is 374 g/mol. The van der Waals surface area contributed by atoms with Crippen LogP contribution in [-0.4, -0.2) is 39.7 Å². The molecule has 0 aliphatic carbocycles. The number of thiocarbonyl (C=S) groups is 1. The normalized spacial score (nSPS) is 17.3. The molecule has 0 bridgehead atoms. The average Bonchev–Trinajstić information content (AvgIpc) is 2.86. The Bertz CT molecular complexity index is 611. The second-order valence-corrected chi connectivity index (χ2v) is 6.49. The SMILES string of the molecule is CCOC(=O)N1C(=S)SC(c2ccc(Cl)cc2)N1C(=O)OCC. The highest BCUT2D eigenvalue weighted by Crippen LogP contribution is 2.43. The standard InChI is InChI=1S/C14H15ClN2O4S2/c1-3-20-12(18)16-11(9-5-7-10(15)8-6-9)23-14(22)17(16)13(19)21-4-2/h5-8,11H,3-4H2,1-2H3. The number of rotatable bonds is 3. The highest BCUT2D eigenvalue weighted by atomic mass is 35.5. The molecule has 1 aliphatic rings. The van der Waals surface area contributed by atoms with Crippen LogP contribution in [0, 0.1) is 0 Å². The van der Waals surface area contributed by atoms with Crippen molar-refractivity contribution in [3.63, 3.8) is 0 Å². The van der Waals surface area contributed by atoms with E-state index in [2.05, 4.69) is 0 Å². The molecule has 1 saturated heterocycles. The first kappa shape index (κ1) is 17.8. The number of amides is 2. The Morgan fingerprint density at radius 1 is 1.17 bits per heavy atom. The lowest BCUT2D eigenvalue weighted by atomic mass is 10.2. The first-order valence-corrected chi connectivity index (χ1v) is 8.55. The van der Waals surface area contributed by atoms with E-state index in [1.807, 2.05) is 0 Å². The quantitative estimate of drug-likeness (QED) is 0.739. The maximum absolute atomic E-state index is 12.3. The third-order valence-electron chi connectivity index (χ3n) is 2.87. The summed E-state index contributed by atoms with van der Waals surface area (Å²) in [6.45, 7) is 3.71. The molecule has 2 amide bonds. The summed E-state index contributed by atoms with van der Waals surface area (Å²) >= 11 is 12.3. The van der Waals surface area contributed by atoms with Crippen LogP contribution in [0.25, 0.3) is 0 Å². The zero-order valence-corrected chi connectivity index (χ0v) is 14.9. The zero-order chi connectivity index (χ0) is 17.0. The first-order chi connectivity index (χ1) is 11.0. The number of nitrogens with zero attached hydrogens (tertiary/aromatic N) is 2. The van der Waals surface area contributed by atoms with Gasteiger partial charge in [-0.1, -0.05) is 47.7 Å². The lowest BCUT2D eigenvalue weighted by Crippen LogP contribution is -2.47. The summed E-state index contributed by atoms with van der Waals surface area (Å²) in [6, 6.07) is 6.95. The second kappa shape index (κ2) is 7.85. The van der Waals surface area contributed by atoms with Crippen LogP contribution in [0.4, 0.5) is 9.59 Å². The Hall–Kier alpha value is -1.51. The number of hydrogen-bond acceptors (Lipinski definition) is 6. The molecule has 1 fully saturated rings. The summed E-state index contributed by atoms with van der Waals surface area (Å²) in [7, 11) is 0. The molecule has 0 radical (unpaired) electrons. The van der Waals surface area contributed by atoms with Crippen LogP contribution in [0.5, 0.6) is 0 Å². The molecule has 0 aromatic heterocycles. The van der Waals surface area contributed by atoms with Gasteiger partial charge in [0.1, 0.15) is 5.37 Å². The molecular formula is C14H15ClN2O4S2. The van der Waals surface area contributed by atoms with Crippen molar-refractivity contribution in [1.29, 1.82) is 0 Å². The molecule has 6 nitrogen and oxygen atoms in total. The van der Waals surface area contributed by atoms with Crippen LogP contribution in [0.2, 0.25) is 5.02 Å². The van der Waals surface area contributed by atoms with Gasteiger partial charge in [-0.2, -0.15) is 10.0 Å². The van der Waals surface area contributed by atoms with Crippen LogP contribution in [0.3, 0.4) is 0 Å². The molecule has 1 aromatic rings. The molecule has 23 heavy (non-hydrogen) atoms. The number of hydrogen-bond donors (Lipinski definition) is 0. The van der Waals surface area contributed by atoms with Crippen molar-refractivity contribution in [3.05, 3.63) is 34.9 Å². The van der Waals surface area contributed by atoms with Crippen LogP contribution >= 0.6 is 35.6 Å². The van der Waals surface area contributed by atoms with E-state index in [4.69, 9.17) is 33.3 Å². The molecule has 1 heterocycles. The van der Waals surface area contributed by atoms with Crippen LogP contribution in [-0.2, 0) is 9.47 Å². The Balaban J connectivity index is 2.37. The smallest absolute Gasteiger partial charge is 0.435 e. The summed E-state index contributed by atoms with van der Waals surface area (Å²) < 4.78 is 10.2. The molecule has 0 N–H and O–H groups in total. The zero-order valence-electron chi connectivity index (χ0n) is 12.5. The molecule has 0 saturated carbocycles. The third kappa shape index (κ3) is 3.88. The van der Waals surface area contributed by atoms with Gasteiger partial charge >= 0.3 is 12.2 Å². The van der Waals surface area contributed by atoms with E-state index in [9.17, 15) is 9.59 Å². The van der Waals surface area contributed by atoms with Gasteiger partial charge in [-0.05, 0) is 31.5 Å². The van der Waals surface area contributed by atoms with Crippen LogP contribution in [0.15, 0.2) is 24.3 Å². The van der Waals surface area contributed by atoms with Gasteiger partial charge in [-0.3, -0.25) is 0 Å². The fourth-order valence-electron chi connectivity index (χ4n) is 1.94. The number of benzene rings is 1. The van der Waals surface area contributed by atoms with Crippen molar-refractivity contribution in [2.75, 3.05) is 13.2 Å². The van der Waals surface area contributed by atoms with Crippen molar-refractivity contribution in [2.45, 2.75) is 19.2 Å². The van der Waals surface area contributed by atoms with Crippen molar-refractivity contribution >= 4 is 52.1 Å².